The van der Waals surface area contributed by atoms with E-state index in [0.717, 1.165) is 28.5 Å². The summed E-state index contributed by atoms with van der Waals surface area (Å²) in [4.78, 5) is 0. The second kappa shape index (κ2) is 8.60. The second-order valence-electron chi connectivity index (χ2n) is 5.50. The third-order valence-electron chi connectivity index (χ3n) is 3.65. The molecule has 3 nitrogen and oxygen atoms in total. The molecule has 25 heavy (non-hydrogen) atoms. The van der Waals surface area contributed by atoms with E-state index in [4.69, 9.17) is 9.47 Å². The Labute approximate surface area is 148 Å². The van der Waals surface area contributed by atoms with Gasteiger partial charge in [-0.1, -0.05) is 49.1 Å². The normalized spacial score (nSPS) is 10.1. The monoisotopic (exact) mass is 331 g/mol. The van der Waals surface area contributed by atoms with Crippen molar-refractivity contribution in [3.05, 3.63) is 97.1 Å². The third-order valence-corrected chi connectivity index (χ3v) is 3.65. The number of para-hydroxylation sites is 2. The molecule has 0 atom stereocenters. The predicted molar refractivity (Wildman–Crippen MR) is 102 cm³/mol. The van der Waals surface area contributed by atoms with Gasteiger partial charge in [-0.05, 0) is 42.5 Å². The van der Waals surface area contributed by atoms with Crippen LogP contribution in [0.15, 0.2) is 91.5 Å². The molecule has 0 aromatic heterocycles. The van der Waals surface area contributed by atoms with Crippen molar-refractivity contribution in [1.82, 2.24) is 0 Å². The fourth-order valence-electron chi connectivity index (χ4n) is 2.40. The van der Waals surface area contributed by atoms with Crippen LogP contribution >= 0.6 is 0 Å². The molecular weight excluding hydrogens is 310 g/mol. The molecule has 1 N–H and O–H groups in total. The Morgan fingerprint density at radius 3 is 2.24 bits per heavy atom. The quantitative estimate of drug-likeness (QED) is 0.541. The van der Waals surface area contributed by atoms with Gasteiger partial charge in [0.1, 0.15) is 23.9 Å². The summed E-state index contributed by atoms with van der Waals surface area (Å²) in [5.74, 6) is 2.52. The summed E-state index contributed by atoms with van der Waals surface area (Å²) in [7, 11) is 0. The number of hydrogen-bond acceptors (Lipinski definition) is 3. The molecular formula is C22H21NO2. The summed E-state index contributed by atoms with van der Waals surface area (Å²) in [5, 5.41) is 3.41. The van der Waals surface area contributed by atoms with E-state index in [1.807, 2.05) is 72.8 Å². The summed E-state index contributed by atoms with van der Waals surface area (Å²) < 4.78 is 11.5. The lowest BCUT2D eigenvalue weighted by Gasteiger charge is -2.12. The Kier molecular flexibility index (Phi) is 5.73. The number of nitrogens with one attached hydrogen (secondary N) is 1. The number of ether oxygens (including phenoxy) is 2. The van der Waals surface area contributed by atoms with Crippen LogP contribution in [-0.4, -0.2) is 6.61 Å². The lowest BCUT2D eigenvalue weighted by atomic mass is 10.2. The van der Waals surface area contributed by atoms with Gasteiger partial charge >= 0.3 is 0 Å². The van der Waals surface area contributed by atoms with Crippen LogP contribution in [0.4, 0.5) is 5.69 Å². The van der Waals surface area contributed by atoms with Crippen LogP contribution in [0.2, 0.25) is 0 Å². The Morgan fingerprint density at radius 1 is 0.800 bits per heavy atom. The third kappa shape index (κ3) is 4.88. The standard InChI is InChI=1S/C22H21NO2/c1-2-16-24-22-11-7-6-8-18(22)17-23-19-12-14-21(15-13-19)25-20-9-4-3-5-10-20/h2-15,23H,1,16-17H2. The smallest absolute Gasteiger partial charge is 0.127 e. The zero-order valence-electron chi connectivity index (χ0n) is 14.0. The van der Waals surface area contributed by atoms with E-state index in [-0.39, 0.29) is 0 Å². The fourth-order valence-corrected chi connectivity index (χ4v) is 2.40. The highest BCUT2D eigenvalue weighted by molar-refractivity contribution is 5.48. The van der Waals surface area contributed by atoms with Gasteiger partial charge in [-0.3, -0.25) is 0 Å². The van der Waals surface area contributed by atoms with Gasteiger partial charge in [0, 0.05) is 17.8 Å². The molecule has 0 saturated heterocycles. The topological polar surface area (TPSA) is 30.5 Å². The van der Waals surface area contributed by atoms with Crippen molar-refractivity contribution in [2.24, 2.45) is 0 Å². The van der Waals surface area contributed by atoms with Crippen molar-refractivity contribution in [3.8, 4) is 17.2 Å². The van der Waals surface area contributed by atoms with Gasteiger partial charge in [0.25, 0.3) is 0 Å². The van der Waals surface area contributed by atoms with Gasteiger partial charge in [0.05, 0.1) is 0 Å². The minimum absolute atomic E-state index is 0.503. The first-order chi connectivity index (χ1) is 12.3. The maximum Gasteiger partial charge on any atom is 0.127 e. The van der Waals surface area contributed by atoms with Crippen molar-refractivity contribution >= 4 is 5.69 Å². The molecule has 0 bridgehead atoms. The molecule has 0 amide bonds. The molecule has 0 heterocycles. The highest BCUT2D eigenvalue weighted by Crippen LogP contribution is 2.24. The average molecular weight is 331 g/mol. The molecule has 0 radical (unpaired) electrons. The first-order valence-corrected chi connectivity index (χ1v) is 8.23. The van der Waals surface area contributed by atoms with Gasteiger partial charge in [0.2, 0.25) is 0 Å². The first-order valence-electron chi connectivity index (χ1n) is 8.23. The Morgan fingerprint density at radius 2 is 1.48 bits per heavy atom. The maximum absolute atomic E-state index is 5.80. The molecule has 3 heteroatoms. The second-order valence-corrected chi connectivity index (χ2v) is 5.50. The van der Waals surface area contributed by atoms with Gasteiger partial charge in [-0.15, -0.1) is 0 Å². The van der Waals surface area contributed by atoms with Crippen molar-refractivity contribution < 1.29 is 9.47 Å². The summed E-state index contributed by atoms with van der Waals surface area (Å²) in [6.45, 7) is 4.87. The summed E-state index contributed by atoms with van der Waals surface area (Å²) in [6, 6.07) is 25.7. The lowest BCUT2D eigenvalue weighted by molar-refractivity contribution is 0.359. The SMILES string of the molecule is C=CCOc1ccccc1CNc1ccc(Oc2ccccc2)cc1. The van der Waals surface area contributed by atoms with Crippen molar-refractivity contribution in [1.29, 1.82) is 0 Å². The first kappa shape index (κ1) is 16.7. The molecule has 0 fully saturated rings. The Balaban J connectivity index is 1.60. The summed E-state index contributed by atoms with van der Waals surface area (Å²) in [5.41, 5.74) is 2.13. The van der Waals surface area contributed by atoms with E-state index < -0.39 is 0 Å². The van der Waals surface area contributed by atoms with Crippen LogP contribution < -0.4 is 14.8 Å². The molecule has 0 aliphatic rings. The predicted octanol–water partition coefficient (Wildman–Crippen LogP) is 5.66. The van der Waals surface area contributed by atoms with Gasteiger partial charge < -0.3 is 14.8 Å². The molecule has 126 valence electrons. The van der Waals surface area contributed by atoms with Gasteiger partial charge in [-0.2, -0.15) is 0 Å². The zero-order chi connectivity index (χ0) is 17.3. The van der Waals surface area contributed by atoms with E-state index >= 15 is 0 Å². The molecule has 0 saturated carbocycles. The largest absolute Gasteiger partial charge is 0.489 e. The van der Waals surface area contributed by atoms with Crippen LogP contribution in [0.1, 0.15) is 5.56 Å². The Hall–Kier alpha value is -3.20. The maximum atomic E-state index is 5.80. The molecule has 3 aromatic rings. The number of benzene rings is 3. The van der Waals surface area contributed by atoms with E-state index in [1.165, 1.54) is 0 Å². The van der Waals surface area contributed by atoms with Gasteiger partial charge in [-0.25, -0.2) is 0 Å². The van der Waals surface area contributed by atoms with Crippen molar-refractivity contribution in [2.75, 3.05) is 11.9 Å². The van der Waals surface area contributed by atoms with Crippen LogP contribution in [0, 0.1) is 0 Å². The van der Waals surface area contributed by atoms with E-state index in [2.05, 4.69) is 18.0 Å². The number of hydrogen-bond donors (Lipinski definition) is 1. The highest BCUT2D eigenvalue weighted by atomic mass is 16.5. The van der Waals surface area contributed by atoms with Crippen molar-refractivity contribution in [2.45, 2.75) is 6.54 Å². The minimum Gasteiger partial charge on any atom is -0.489 e. The molecule has 0 aliphatic carbocycles. The zero-order valence-corrected chi connectivity index (χ0v) is 14.0. The van der Waals surface area contributed by atoms with E-state index in [0.29, 0.717) is 13.2 Å². The summed E-state index contributed by atoms with van der Waals surface area (Å²) >= 11 is 0. The van der Waals surface area contributed by atoms with Crippen LogP contribution in [0.5, 0.6) is 17.2 Å². The molecule has 0 aliphatic heterocycles. The van der Waals surface area contributed by atoms with Gasteiger partial charge in [0.15, 0.2) is 0 Å². The Bertz CT molecular complexity index is 798. The molecule has 0 unspecified atom stereocenters. The molecule has 3 rings (SSSR count). The van der Waals surface area contributed by atoms with E-state index in [9.17, 15) is 0 Å². The minimum atomic E-state index is 0.503. The molecule has 0 spiro atoms. The number of rotatable bonds is 8. The fraction of sp³-hybridized carbons (Fsp3) is 0.0909. The van der Waals surface area contributed by atoms with Crippen LogP contribution in [0.3, 0.4) is 0 Å². The average Bonchev–Trinajstić information content (AvgIpc) is 2.67. The highest BCUT2D eigenvalue weighted by Gasteiger charge is 2.03. The number of anilines is 1. The molecule has 3 aromatic carbocycles. The van der Waals surface area contributed by atoms with Crippen LogP contribution in [0.25, 0.3) is 0 Å². The van der Waals surface area contributed by atoms with E-state index in [1.54, 1.807) is 6.08 Å². The van der Waals surface area contributed by atoms with Crippen LogP contribution in [-0.2, 0) is 6.54 Å². The summed E-state index contributed by atoms with van der Waals surface area (Å²) in [6.07, 6.45) is 1.75. The lowest BCUT2D eigenvalue weighted by Crippen LogP contribution is -2.03. The van der Waals surface area contributed by atoms with Crippen molar-refractivity contribution in [3.63, 3.8) is 0 Å².